The molecule has 1 spiro atoms. The van der Waals surface area contributed by atoms with Crippen molar-refractivity contribution in [2.75, 3.05) is 67.5 Å². The number of carbonyl (C=O) groups is 5. The van der Waals surface area contributed by atoms with Gasteiger partial charge in [0.2, 0.25) is 29.5 Å². The van der Waals surface area contributed by atoms with Crippen LogP contribution in [0, 0.1) is 18.3 Å². The van der Waals surface area contributed by atoms with Crippen LogP contribution in [0.2, 0.25) is 0 Å². The number of anilines is 3. The molecule has 2 saturated carbocycles. The zero-order valence-corrected chi connectivity index (χ0v) is 43.5. The van der Waals surface area contributed by atoms with Crippen molar-refractivity contribution in [3.8, 4) is 11.3 Å². The van der Waals surface area contributed by atoms with Gasteiger partial charge in [-0.2, -0.15) is 0 Å². The number of aromatic nitrogens is 3. The molecular formula is C58H74N10O5. The summed E-state index contributed by atoms with van der Waals surface area (Å²) in [5, 5.41) is 6.19. The summed E-state index contributed by atoms with van der Waals surface area (Å²) in [5.41, 5.74) is 7.76. The first kappa shape index (κ1) is 48.1. The van der Waals surface area contributed by atoms with Gasteiger partial charge in [0.25, 0.3) is 0 Å². The molecule has 8 heterocycles. The monoisotopic (exact) mass is 991 g/mol. The number of rotatable bonds is 10. The van der Waals surface area contributed by atoms with Crippen molar-refractivity contribution in [2.45, 2.75) is 160 Å². The molecule has 15 nitrogen and oxygen atoms in total. The van der Waals surface area contributed by atoms with Gasteiger partial charge in [-0.25, -0.2) is 9.97 Å². The molecule has 0 radical (unpaired) electrons. The third-order valence-corrected chi connectivity index (χ3v) is 18.8. The van der Waals surface area contributed by atoms with E-state index in [1.54, 1.807) is 0 Å². The molecule has 2 N–H and O–H groups in total. The van der Waals surface area contributed by atoms with Crippen molar-refractivity contribution in [3.05, 3.63) is 65.5 Å². The first-order valence-corrected chi connectivity index (χ1v) is 27.9. The van der Waals surface area contributed by atoms with Gasteiger partial charge in [0.15, 0.2) is 5.82 Å². The van der Waals surface area contributed by atoms with Gasteiger partial charge in [-0.1, -0.05) is 31.5 Å². The Kier molecular flexibility index (Phi) is 12.4. The van der Waals surface area contributed by atoms with E-state index < -0.39 is 10.8 Å². The minimum absolute atomic E-state index is 0.0483. The number of imidazole rings is 1. The molecule has 2 aromatic carbocycles. The van der Waals surface area contributed by atoms with Crippen LogP contribution >= 0.6 is 0 Å². The largest absolute Gasteiger partial charge is 0.371 e. The fourth-order valence-electron chi connectivity index (χ4n) is 13.9. The second kappa shape index (κ2) is 18.8. The number of benzene rings is 2. The number of pyridine rings is 1. The van der Waals surface area contributed by atoms with Crippen molar-refractivity contribution in [2.24, 2.45) is 11.3 Å². The Labute approximate surface area is 429 Å². The lowest BCUT2D eigenvalue weighted by atomic mass is 9.72. The van der Waals surface area contributed by atoms with Crippen molar-refractivity contribution in [1.29, 1.82) is 0 Å². The second-order valence-electron chi connectivity index (χ2n) is 23.7. The zero-order chi connectivity index (χ0) is 50.3. The number of likely N-dealkylation sites (tertiary alicyclic amines) is 3. The Morgan fingerprint density at radius 2 is 1.52 bits per heavy atom. The van der Waals surface area contributed by atoms with Crippen LogP contribution in [-0.4, -0.2) is 129 Å². The topological polar surface area (TPSA) is 156 Å². The molecule has 5 amide bonds. The number of hydrogen-bond acceptors (Lipinski definition) is 10. The third kappa shape index (κ3) is 8.68. The third-order valence-electron chi connectivity index (χ3n) is 18.8. The van der Waals surface area contributed by atoms with E-state index in [4.69, 9.17) is 9.97 Å². The van der Waals surface area contributed by atoms with E-state index in [-0.39, 0.29) is 53.5 Å². The van der Waals surface area contributed by atoms with Gasteiger partial charge < -0.3 is 34.4 Å². The SMILES string of the molecule is Cc1cc(N2CCC(C(=O)N3CCC(C)(C(=O)N4CCC5(CC4)C(=O)N(C4CC(N6CCCCC6)C4)c4cc(-c6cc7ncn(C(C)C)c7c(NC7CC7)n6)ccc45)CC3)CC2)ccc1C1CCC(=O)NC1=O. The molecule has 73 heavy (non-hydrogen) atoms. The number of carbonyl (C=O) groups excluding carboxylic acids is 5. The first-order valence-electron chi connectivity index (χ1n) is 27.9. The van der Waals surface area contributed by atoms with Crippen LogP contribution in [0.25, 0.3) is 22.3 Å². The molecule has 2 aliphatic carbocycles. The summed E-state index contributed by atoms with van der Waals surface area (Å²) in [6.07, 6.45) is 14.9. The Morgan fingerprint density at radius 3 is 2.21 bits per heavy atom. The maximum absolute atomic E-state index is 15.3. The van der Waals surface area contributed by atoms with Crippen LogP contribution in [0.1, 0.15) is 146 Å². The van der Waals surface area contributed by atoms with Crippen LogP contribution in [0.5, 0.6) is 0 Å². The van der Waals surface area contributed by atoms with Crippen LogP contribution in [0.3, 0.4) is 0 Å². The Bertz CT molecular complexity index is 2830. The minimum Gasteiger partial charge on any atom is -0.371 e. The van der Waals surface area contributed by atoms with Gasteiger partial charge in [0.05, 0.1) is 28.9 Å². The smallest absolute Gasteiger partial charge is 0.238 e. The van der Waals surface area contributed by atoms with Crippen molar-refractivity contribution >= 4 is 57.8 Å². The number of aryl methyl sites for hydroxylation is 1. The van der Waals surface area contributed by atoms with E-state index >= 15 is 4.79 Å². The maximum atomic E-state index is 15.3. The molecule has 12 rings (SSSR count). The molecule has 2 aromatic heterocycles. The summed E-state index contributed by atoms with van der Waals surface area (Å²) in [6.45, 7) is 14.5. The van der Waals surface area contributed by atoms with Crippen LogP contribution in [-0.2, 0) is 29.4 Å². The van der Waals surface area contributed by atoms with Crippen molar-refractivity contribution < 1.29 is 24.0 Å². The summed E-state index contributed by atoms with van der Waals surface area (Å²) in [4.78, 5) is 89.6. The predicted octanol–water partition coefficient (Wildman–Crippen LogP) is 7.85. The fraction of sp³-hybridized carbons (Fsp3) is 0.603. The van der Waals surface area contributed by atoms with Gasteiger partial charge in [-0.05, 0) is 158 Å². The van der Waals surface area contributed by atoms with Gasteiger partial charge >= 0.3 is 0 Å². The molecule has 8 aliphatic rings. The molecule has 0 bridgehead atoms. The van der Waals surface area contributed by atoms with E-state index in [2.05, 4.69) is 87.1 Å². The first-order chi connectivity index (χ1) is 35.3. The average Bonchev–Trinajstić information content (AvgIpc) is 4.05. The lowest BCUT2D eigenvalue weighted by molar-refractivity contribution is -0.150. The highest BCUT2D eigenvalue weighted by molar-refractivity contribution is 6.09. The maximum Gasteiger partial charge on any atom is 0.238 e. The summed E-state index contributed by atoms with van der Waals surface area (Å²) < 4.78 is 2.20. The van der Waals surface area contributed by atoms with E-state index in [0.29, 0.717) is 76.8 Å². The van der Waals surface area contributed by atoms with Gasteiger partial charge in [-0.15, -0.1) is 0 Å². The second-order valence-corrected chi connectivity index (χ2v) is 23.7. The lowest BCUT2D eigenvalue weighted by Gasteiger charge is -2.48. The van der Waals surface area contributed by atoms with E-state index in [1.807, 2.05) is 29.1 Å². The van der Waals surface area contributed by atoms with Crippen molar-refractivity contribution in [3.63, 3.8) is 0 Å². The zero-order valence-electron chi connectivity index (χ0n) is 43.5. The number of piperidine rings is 5. The van der Waals surface area contributed by atoms with Gasteiger partial charge in [0, 0.05) is 98.1 Å². The lowest BCUT2D eigenvalue weighted by Crippen LogP contribution is -2.59. The quantitative estimate of drug-likeness (QED) is 0.150. The van der Waals surface area contributed by atoms with Crippen molar-refractivity contribution in [1.82, 2.24) is 34.6 Å². The summed E-state index contributed by atoms with van der Waals surface area (Å²) in [7, 11) is 0. The highest BCUT2D eigenvalue weighted by atomic mass is 16.2. The molecule has 15 heteroatoms. The number of imide groups is 1. The van der Waals surface area contributed by atoms with Crippen LogP contribution < -0.4 is 20.4 Å². The van der Waals surface area contributed by atoms with E-state index in [9.17, 15) is 19.2 Å². The Balaban J connectivity index is 0.706. The highest BCUT2D eigenvalue weighted by Gasteiger charge is 2.56. The number of nitrogens with one attached hydrogen (secondary N) is 2. The molecule has 386 valence electrons. The normalized spacial score (nSPS) is 25.6. The average molecular weight is 991 g/mol. The summed E-state index contributed by atoms with van der Waals surface area (Å²) >= 11 is 0. The molecule has 7 fully saturated rings. The predicted molar refractivity (Wildman–Crippen MR) is 282 cm³/mol. The van der Waals surface area contributed by atoms with E-state index in [0.717, 1.165) is 121 Å². The molecule has 5 saturated heterocycles. The Morgan fingerprint density at radius 1 is 0.795 bits per heavy atom. The molecule has 1 unspecified atom stereocenters. The minimum atomic E-state index is -0.683. The molecular weight excluding hydrogens is 917 g/mol. The number of hydrogen-bond donors (Lipinski definition) is 2. The molecule has 1 atom stereocenters. The number of amides is 5. The number of nitrogens with zero attached hydrogens (tertiary/aromatic N) is 8. The van der Waals surface area contributed by atoms with Gasteiger partial charge in [-0.3, -0.25) is 29.3 Å². The standard InChI is InChI=1S/C58H74N10O5/c1-36(2)67-35-59-48-34-47(61-52(51(48)67)60-40-9-10-40)39-8-14-46-49(31-39)68(43-32-42(33-43)63-22-6-5-7-23-63)56(73)58(46)20-28-66(29-21-58)55(72)57(4)18-26-65(27-19-57)54(71)38-16-24-64(25-17-38)41-11-12-44(37(3)30-41)45-13-15-50(69)62-53(45)70/h8,11-12,14,30-31,34-36,38,40,42-43,45H,5-7,9-10,13,15-29,32-33H2,1-4H3,(H,60,61)(H,62,69,70). The molecule has 6 aliphatic heterocycles. The van der Waals surface area contributed by atoms with Crippen LogP contribution in [0.15, 0.2) is 48.8 Å². The van der Waals surface area contributed by atoms with E-state index in [1.165, 1.54) is 19.3 Å². The summed E-state index contributed by atoms with van der Waals surface area (Å²) in [6, 6.07) is 16.3. The Hall–Kier alpha value is -5.83. The van der Waals surface area contributed by atoms with Crippen LogP contribution in [0.4, 0.5) is 17.2 Å². The number of fused-ring (bicyclic) bond motifs is 3. The molecule has 4 aromatic rings. The highest BCUT2D eigenvalue weighted by Crippen LogP contribution is 2.53. The summed E-state index contributed by atoms with van der Waals surface area (Å²) in [5.74, 6) is 0.645. The fourth-order valence-corrected chi connectivity index (χ4v) is 13.9. The van der Waals surface area contributed by atoms with Gasteiger partial charge in [0.1, 0.15) is 5.52 Å².